The number of hydrogen-bond acceptors (Lipinski definition) is 4. The summed E-state index contributed by atoms with van der Waals surface area (Å²) in [7, 11) is 2.11. The molecule has 1 saturated carbocycles. The highest BCUT2D eigenvalue weighted by Crippen LogP contribution is 2.23. The van der Waals surface area contributed by atoms with Gasteiger partial charge in [-0.25, -0.2) is 4.98 Å². The predicted molar refractivity (Wildman–Crippen MR) is 65.5 cm³/mol. The van der Waals surface area contributed by atoms with E-state index in [1.807, 2.05) is 6.20 Å². The second-order valence-corrected chi connectivity index (χ2v) is 5.28. The molecular weight excluding hydrogens is 206 g/mol. The van der Waals surface area contributed by atoms with E-state index in [1.54, 1.807) is 11.3 Å². The molecule has 15 heavy (non-hydrogen) atoms. The van der Waals surface area contributed by atoms with Gasteiger partial charge in [0, 0.05) is 37.3 Å². The van der Waals surface area contributed by atoms with Crippen LogP contribution in [0.4, 0.5) is 5.13 Å². The summed E-state index contributed by atoms with van der Waals surface area (Å²) in [4.78, 5) is 8.01. The average Bonchev–Trinajstić information content (AvgIpc) is 2.93. The van der Waals surface area contributed by atoms with Gasteiger partial charge in [-0.3, -0.25) is 0 Å². The van der Waals surface area contributed by atoms with Crippen LogP contribution >= 0.6 is 11.3 Å². The van der Waals surface area contributed by atoms with Crippen LogP contribution in [0.3, 0.4) is 0 Å². The second-order valence-electron chi connectivity index (χ2n) is 4.19. The van der Waals surface area contributed by atoms with E-state index < -0.39 is 0 Å². The first kappa shape index (κ1) is 10.9. The summed E-state index contributed by atoms with van der Waals surface area (Å²) in [6, 6.07) is 0.781. The molecule has 0 aliphatic heterocycles. The zero-order valence-electron chi connectivity index (χ0n) is 9.49. The summed E-state index contributed by atoms with van der Waals surface area (Å²) in [5.41, 5.74) is 0. The minimum Gasteiger partial charge on any atom is -0.351 e. The Labute approximate surface area is 95.5 Å². The van der Waals surface area contributed by atoms with Crippen LogP contribution in [0.2, 0.25) is 0 Å². The predicted octanol–water partition coefficient (Wildman–Crippen LogP) is 2.24. The monoisotopic (exact) mass is 225 g/mol. The average molecular weight is 225 g/mol. The van der Waals surface area contributed by atoms with E-state index in [2.05, 4.69) is 29.2 Å². The Balaban J connectivity index is 1.84. The summed E-state index contributed by atoms with van der Waals surface area (Å²) < 4.78 is 0. The van der Waals surface area contributed by atoms with Crippen LogP contribution in [-0.2, 0) is 6.54 Å². The van der Waals surface area contributed by atoms with Crippen LogP contribution in [0, 0.1) is 0 Å². The molecule has 1 fully saturated rings. The summed E-state index contributed by atoms with van der Waals surface area (Å²) in [5.74, 6) is 0. The van der Waals surface area contributed by atoms with Gasteiger partial charge in [0.1, 0.15) is 0 Å². The van der Waals surface area contributed by atoms with E-state index in [-0.39, 0.29) is 0 Å². The molecule has 0 saturated heterocycles. The Kier molecular flexibility index (Phi) is 3.59. The van der Waals surface area contributed by atoms with Crippen molar-refractivity contribution >= 4 is 16.5 Å². The highest BCUT2D eigenvalue weighted by atomic mass is 32.1. The van der Waals surface area contributed by atoms with Gasteiger partial charge in [0.05, 0.1) is 0 Å². The zero-order valence-corrected chi connectivity index (χ0v) is 10.3. The largest absolute Gasteiger partial charge is 0.351 e. The molecule has 1 aromatic rings. The van der Waals surface area contributed by atoms with E-state index in [1.165, 1.54) is 24.1 Å². The van der Waals surface area contributed by atoms with Crippen molar-refractivity contribution in [1.82, 2.24) is 10.3 Å². The maximum atomic E-state index is 4.44. The fraction of sp³-hybridized carbons (Fsp3) is 0.727. The minimum absolute atomic E-state index is 0.781. The number of thiazole rings is 1. The van der Waals surface area contributed by atoms with E-state index in [0.29, 0.717) is 0 Å². The third kappa shape index (κ3) is 3.18. The molecule has 0 bridgehead atoms. The molecule has 1 N–H and O–H groups in total. The quantitative estimate of drug-likeness (QED) is 0.805. The molecule has 4 heteroatoms. The fourth-order valence-corrected chi connectivity index (χ4v) is 2.37. The number of nitrogens with one attached hydrogen (secondary N) is 1. The molecule has 0 atom stereocenters. The van der Waals surface area contributed by atoms with Crippen molar-refractivity contribution in [3.05, 3.63) is 11.1 Å². The lowest BCUT2D eigenvalue weighted by Crippen LogP contribution is -2.17. The van der Waals surface area contributed by atoms with Gasteiger partial charge in [-0.15, -0.1) is 11.3 Å². The first-order valence-corrected chi connectivity index (χ1v) is 6.50. The maximum absolute atomic E-state index is 4.44. The Morgan fingerprint density at radius 1 is 1.60 bits per heavy atom. The van der Waals surface area contributed by atoms with E-state index >= 15 is 0 Å². The molecule has 2 rings (SSSR count). The number of hydrogen-bond donors (Lipinski definition) is 1. The Morgan fingerprint density at radius 2 is 2.40 bits per heavy atom. The molecule has 0 unspecified atom stereocenters. The first-order chi connectivity index (χ1) is 7.29. The van der Waals surface area contributed by atoms with Gasteiger partial charge in [-0.2, -0.15) is 0 Å². The summed E-state index contributed by atoms with van der Waals surface area (Å²) in [6.07, 6.45) is 5.87. The maximum Gasteiger partial charge on any atom is 0.185 e. The molecule has 0 radical (unpaired) electrons. The lowest BCUT2D eigenvalue weighted by Gasteiger charge is -2.13. The van der Waals surface area contributed by atoms with Gasteiger partial charge < -0.3 is 10.2 Å². The van der Waals surface area contributed by atoms with Crippen LogP contribution < -0.4 is 10.2 Å². The molecule has 1 aliphatic rings. The summed E-state index contributed by atoms with van der Waals surface area (Å²) in [6.45, 7) is 4.27. The summed E-state index contributed by atoms with van der Waals surface area (Å²) >= 11 is 1.80. The van der Waals surface area contributed by atoms with E-state index in [9.17, 15) is 0 Å². The normalized spacial score (nSPS) is 15.6. The Hall–Kier alpha value is -0.610. The van der Waals surface area contributed by atoms with Crippen molar-refractivity contribution in [2.75, 3.05) is 18.5 Å². The van der Waals surface area contributed by atoms with Crippen molar-refractivity contribution in [3.8, 4) is 0 Å². The smallest absolute Gasteiger partial charge is 0.185 e. The number of anilines is 1. The number of nitrogens with zero attached hydrogens (tertiary/aromatic N) is 2. The SMILES string of the molecule is CCCN(C)c1ncc(CNC2CC2)s1. The highest BCUT2D eigenvalue weighted by molar-refractivity contribution is 7.15. The molecule has 0 spiro atoms. The second kappa shape index (κ2) is 4.94. The summed E-state index contributed by atoms with van der Waals surface area (Å²) in [5, 5.41) is 4.65. The van der Waals surface area contributed by atoms with Crippen molar-refractivity contribution in [2.24, 2.45) is 0 Å². The highest BCUT2D eigenvalue weighted by Gasteiger charge is 2.20. The number of rotatable bonds is 6. The van der Waals surface area contributed by atoms with Gasteiger partial charge in [-0.05, 0) is 19.3 Å². The van der Waals surface area contributed by atoms with Crippen LogP contribution in [0.15, 0.2) is 6.20 Å². The minimum atomic E-state index is 0.781. The Bertz CT molecular complexity index is 307. The van der Waals surface area contributed by atoms with Crippen LogP contribution in [0.1, 0.15) is 31.1 Å². The van der Waals surface area contributed by atoms with E-state index in [4.69, 9.17) is 0 Å². The van der Waals surface area contributed by atoms with Crippen molar-refractivity contribution < 1.29 is 0 Å². The molecule has 0 aromatic carbocycles. The molecular formula is C11H19N3S. The molecule has 84 valence electrons. The fourth-order valence-electron chi connectivity index (χ4n) is 1.52. The first-order valence-electron chi connectivity index (χ1n) is 5.69. The van der Waals surface area contributed by atoms with Gasteiger partial charge in [0.15, 0.2) is 5.13 Å². The topological polar surface area (TPSA) is 28.2 Å². The van der Waals surface area contributed by atoms with Crippen LogP contribution in [0.25, 0.3) is 0 Å². The van der Waals surface area contributed by atoms with Gasteiger partial charge in [0.25, 0.3) is 0 Å². The number of aromatic nitrogens is 1. The molecule has 0 amide bonds. The van der Waals surface area contributed by atoms with Crippen molar-refractivity contribution in [3.63, 3.8) is 0 Å². The van der Waals surface area contributed by atoms with Crippen molar-refractivity contribution in [1.29, 1.82) is 0 Å². The van der Waals surface area contributed by atoms with Gasteiger partial charge in [-0.1, -0.05) is 6.92 Å². The standard InChI is InChI=1S/C11H19N3S/c1-3-6-14(2)11-13-8-10(15-11)7-12-9-4-5-9/h8-9,12H,3-7H2,1-2H3. The van der Waals surface area contributed by atoms with Crippen LogP contribution in [-0.4, -0.2) is 24.6 Å². The third-order valence-electron chi connectivity index (χ3n) is 2.57. The molecule has 3 nitrogen and oxygen atoms in total. The Morgan fingerprint density at radius 3 is 3.07 bits per heavy atom. The van der Waals surface area contributed by atoms with E-state index in [0.717, 1.165) is 24.3 Å². The van der Waals surface area contributed by atoms with Gasteiger partial charge in [0.2, 0.25) is 0 Å². The lowest BCUT2D eigenvalue weighted by atomic mass is 10.5. The van der Waals surface area contributed by atoms with Crippen molar-refractivity contribution in [2.45, 2.75) is 38.8 Å². The third-order valence-corrected chi connectivity index (χ3v) is 3.68. The molecule has 1 aromatic heterocycles. The molecule has 1 heterocycles. The molecule has 1 aliphatic carbocycles. The van der Waals surface area contributed by atoms with Gasteiger partial charge >= 0.3 is 0 Å². The zero-order chi connectivity index (χ0) is 10.7. The lowest BCUT2D eigenvalue weighted by molar-refractivity contribution is 0.694. The van der Waals surface area contributed by atoms with Crippen LogP contribution in [0.5, 0.6) is 0 Å².